The van der Waals surface area contributed by atoms with Gasteiger partial charge in [-0.05, 0) is 47.7 Å². The van der Waals surface area contributed by atoms with Gasteiger partial charge in [0.15, 0.2) is 0 Å². The van der Waals surface area contributed by atoms with Gasteiger partial charge >= 0.3 is 0 Å². The van der Waals surface area contributed by atoms with Crippen molar-refractivity contribution in [1.29, 1.82) is 0 Å². The maximum atomic E-state index is 6.14. The molecule has 1 N–H and O–H groups in total. The predicted molar refractivity (Wildman–Crippen MR) is 99.5 cm³/mol. The second-order valence-corrected chi connectivity index (χ2v) is 6.58. The number of hydrogen-bond donors (Lipinski definition) is 1. The van der Waals surface area contributed by atoms with Crippen molar-refractivity contribution in [3.05, 3.63) is 77.9 Å². The largest absolute Gasteiger partial charge is 0.489 e. The Morgan fingerprint density at radius 1 is 1.00 bits per heavy atom. The molecule has 0 fully saturated rings. The Kier molecular flexibility index (Phi) is 4.22. The normalized spacial score (nSPS) is 18.0. The number of benzene rings is 3. The highest BCUT2D eigenvalue weighted by Gasteiger charge is 2.20. The lowest BCUT2D eigenvalue weighted by Gasteiger charge is -2.27. The van der Waals surface area contributed by atoms with Crippen molar-refractivity contribution in [3.63, 3.8) is 0 Å². The summed E-state index contributed by atoms with van der Waals surface area (Å²) in [6, 6.07) is 23.8. The zero-order valence-corrected chi connectivity index (χ0v) is 14.0. The molecular weight excluding hydrogens is 294 g/mol. The Bertz CT molecular complexity index is 837. The smallest absolute Gasteiger partial charge is 0.122 e. The van der Waals surface area contributed by atoms with E-state index in [1.165, 1.54) is 21.9 Å². The van der Waals surface area contributed by atoms with Gasteiger partial charge in [0.25, 0.3) is 0 Å². The van der Waals surface area contributed by atoms with E-state index in [2.05, 4.69) is 72.9 Å². The van der Waals surface area contributed by atoms with E-state index in [1.807, 2.05) is 6.07 Å². The van der Waals surface area contributed by atoms with E-state index in [0.29, 0.717) is 6.04 Å². The fourth-order valence-corrected chi connectivity index (χ4v) is 3.57. The molecule has 3 aromatic carbocycles. The van der Waals surface area contributed by atoms with Crippen LogP contribution in [0.2, 0.25) is 0 Å². The fourth-order valence-electron chi connectivity index (χ4n) is 3.57. The minimum atomic E-state index is 0.248. The number of ether oxygens (including phenoxy) is 1. The molecule has 2 heteroatoms. The average molecular weight is 317 g/mol. The van der Waals surface area contributed by atoms with Crippen LogP contribution in [-0.4, -0.2) is 12.6 Å². The van der Waals surface area contributed by atoms with Gasteiger partial charge < -0.3 is 10.1 Å². The minimum Gasteiger partial charge on any atom is -0.489 e. The first-order chi connectivity index (χ1) is 11.8. The molecule has 0 aromatic heterocycles. The van der Waals surface area contributed by atoms with Crippen molar-refractivity contribution < 1.29 is 4.74 Å². The second-order valence-electron chi connectivity index (χ2n) is 6.58. The molecule has 0 radical (unpaired) electrons. The van der Waals surface area contributed by atoms with E-state index in [9.17, 15) is 0 Å². The van der Waals surface area contributed by atoms with Crippen LogP contribution in [0.1, 0.15) is 30.5 Å². The predicted octanol–water partition coefficient (Wildman–Crippen LogP) is 4.88. The Labute approximate surface area is 143 Å². The summed E-state index contributed by atoms with van der Waals surface area (Å²) in [5.74, 6) is 1.05. The molecule has 2 nitrogen and oxygen atoms in total. The SMILES string of the molecule is CC(NCC1CCc2ccccc2O1)c1cccc2ccccc12. The molecule has 0 aliphatic carbocycles. The van der Waals surface area contributed by atoms with Gasteiger partial charge in [0.2, 0.25) is 0 Å². The standard InChI is InChI=1S/C22H23NO/c1-16(20-11-6-9-17-7-2-4-10-21(17)20)23-15-19-14-13-18-8-3-5-12-22(18)24-19/h2-12,16,19,23H,13-15H2,1H3. The van der Waals surface area contributed by atoms with Crippen molar-refractivity contribution in [3.8, 4) is 5.75 Å². The van der Waals surface area contributed by atoms with Crippen LogP contribution in [0.3, 0.4) is 0 Å². The first-order valence-corrected chi connectivity index (χ1v) is 8.77. The number of aryl methyl sites for hydroxylation is 1. The van der Waals surface area contributed by atoms with Gasteiger partial charge in [-0.25, -0.2) is 0 Å². The van der Waals surface area contributed by atoms with E-state index >= 15 is 0 Å². The number of rotatable bonds is 4. The van der Waals surface area contributed by atoms with E-state index in [-0.39, 0.29) is 6.10 Å². The summed E-state index contributed by atoms with van der Waals surface area (Å²) in [4.78, 5) is 0. The summed E-state index contributed by atoms with van der Waals surface area (Å²) >= 11 is 0. The first-order valence-electron chi connectivity index (χ1n) is 8.77. The van der Waals surface area contributed by atoms with Gasteiger partial charge in [0, 0.05) is 12.6 Å². The van der Waals surface area contributed by atoms with Crippen molar-refractivity contribution in [2.45, 2.75) is 31.9 Å². The van der Waals surface area contributed by atoms with Gasteiger partial charge in [0.05, 0.1) is 0 Å². The first kappa shape index (κ1) is 15.2. The minimum absolute atomic E-state index is 0.248. The van der Waals surface area contributed by atoms with Crippen LogP contribution in [0.25, 0.3) is 10.8 Å². The molecule has 4 rings (SSSR count). The molecule has 1 aliphatic heterocycles. The Hall–Kier alpha value is -2.32. The average Bonchev–Trinajstić information content (AvgIpc) is 2.65. The third kappa shape index (κ3) is 3.02. The van der Waals surface area contributed by atoms with E-state index in [1.54, 1.807) is 0 Å². The topological polar surface area (TPSA) is 21.3 Å². The molecule has 0 amide bonds. The molecule has 0 saturated carbocycles. The van der Waals surface area contributed by atoms with Crippen molar-refractivity contribution in [2.75, 3.05) is 6.54 Å². The van der Waals surface area contributed by atoms with Crippen LogP contribution in [-0.2, 0) is 6.42 Å². The van der Waals surface area contributed by atoms with Gasteiger partial charge in [-0.3, -0.25) is 0 Å². The molecule has 1 aliphatic rings. The highest BCUT2D eigenvalue weighted by molar-refractivity contribution is 5.86. The van der Waals surface area contributed by atoms with Gasteiger partial charge in [-0.2, -0.15) is 0 Å². The lowest BCUT2D eigenvalue weighted by atomic mass is 9.99. The number of para-hydroxylation sites is 1. The zero-order valence-electron chi connectivity index (χ0n) is 14.0. The monoisotopic (exact) mass is 317 g/mol. The highest BCUT2D eigenvalue weighted by Crippen LogP contribution is 2.28. The lowest BCUT2D eigenvalue weighted by Crippen LogP contribution is -2.35. The molecular formula is C22H23NO. The summed E-state index contributed by atoms with van der Waals surface area (Å²) in [6.07, 6.45) is 2.43. The third-order valence-electron chi connectivity index (χ3n) is 4.94. The van der Waals surface area contributed by atoms with E-state index < -0.39 is 0 Å². The Morgan fingerprint density at radius 2 is 1.79 bits per heavy atom. The maximum absolute atomic E-state index is 6.14. The van der Waals surface area contributed by atoms with Crippen LogP contribution in [0.15, 0.2) is 66.7 Å². The molecule has 0 spiro atoms. The summed E-state index contributed by atoms with van der Waals surface area (Å²) in [7, 11) is 0. The molecule has 122 valence electrons. The molecule has 2 atom stereocenters. The molecule has 2 unspecified atom stereocenters. The molecule has 24 heavy (non-hydrogen) atoms. The summed E-state index contributed by atoms with van der Waals surface area (Å²) < 4.78 is 6.14. The fraction of sp³-hybridized carbons (Fsp3) is 0.273. The summed E-state index contributed by atoms with van der Waals surface area (Å²) in [5.41, 5.74) is 2.68. The summed E-state index contributed by atoms with van der Waals surface area (Å²) in [5, 5.41) is 6.29. The molecule has 0 bridgehead atoms. The van der Waals surface area contributed by atoms with E-state index in [4.69, 9.17) is 4.74 Å². The van der Waals surface area contributed by atoms with Crippen molar-refractivity contribution >= 4 is 10.8 Å². The van der Waals surface area contributed by atoms with Gasteiger partial charge in [-0.1, -0.05) is 60.7 Å². The van der Waals surface area contributed by atoms with Crippen LogP contribution < -0.4 is 10.1 Å². The number of nitrogens with one attached hydrogen (secondary N) is 1. The van der Waals surface area contributed by atoms with Crippen LogP contribution >= 0.6 is 0 Å². The molecule has 1 heterocycles. The molecule has 0 saturated heterocycles. The summed E-state index contributed by atoms with van der Waals surface area (Å²) in [6.45, 7) is 3.11. The van der Waals surface area contributed by atoms with E-state index in [0.717, 1.165) is 25.1 Å². The Morgan fingerprint density at radius 3 is 2.75 bits per heavy atom. The number of fused-ring (bicyclic) bond motifs is 2. The van der Waals surface area contributed by atoms with Crippen molar-refractivity contribution in [1.82, 2.24) is 5.32 Å². The van der Waals surface area contributed by atoms with Crippen molar-refractivity contribution in [2.24, 2.45) is 0 Å². The number of hydrogen-bond acceptors (Lipinski definition) is 2. The van der Waals surface area contributed by atoms with Gasteiger partial charge in [0.1, 0.15) is 11.9 Å². The maximum Gasteiger partial charge on any atom is 0.122 e. The quantitative estimate of drug-likeness (QED) is 0.740. The second kappa shape index (κ2) is 6.66. The zero-order chi connectivity index (χ0) is 16.4. The highest BCUT2D eigenvalue weighted by atomic mass is 16.5. The lowest BCUT2D eigenvalue weighted by molar-refractivity contribution is 0.167. The Balaban J connectivity index is 1.44. The molecule has 3 aromatic rings. The third-order valence-corrected chi connectivity index (χ3v) is 4.94. The van der Waals surface area contributed by atoms with Crippen LogP contribution in [0.5, 0.6) is 5.75 Å². The van der Waals surface area contributed by atoms with Crippen LogP contribution in [0, 0.1) is 0 Å². The van der Waals surface area contributed by atoms with Crippen LogP contribution in [0.4, 0.5) is 0 Å². The van der Waals surface area contributed by atoms with Gasteiger partial charge in [-0.15, -0.1) is 0 Å².